The molecule has 1 N–H and O–H groups in total. The predicted octanol–water partition coefficient (Wildman–Crippen LogP) is 3.42. The number of benzene rings is 2. The second kappa shape index (κ2) is 7.77. The van der Waals surface area contributed by atoms with E-state index in [9.17, 15) is 14.9 Å². The number of anilines is 1. The highest BCUT2D eigenvalue weighted by molar-refractivity contribution is 6.06. The van der Waals surface area contributed by atoms with E-state index in [1.54, 1.807) is 30.3 Å². The molecular weight excluding hydrogens is 312 g/mol. The Labute approximate surface area is 138 Å². The van der Waals surface area contributed by atoms with Crippen molar-refractivity contribution in [3.63, 3.8) is 0 Å². The Balaban J connectivity index is 2.06. The number of non-ortho nitro benzene ring substituents is 1. The van der Waals surface area contributed by atoms with Crippen LogP contribution < -0.4 is 14.8 Å². The number of methoxy groups -OCH3 is 2. The Morgan fingerprint density at radius 2 is 1.83 bits per heavy atom. The molecule has 2 aromatic carbocycles. The van der Waals surface area contributed by atoms with Crippen LogP contribution in [0.4, 0.5) is 11.4 Å². The van der Waals surface area contributed by atoms with Crippen molar-refractivity contribution in [2.75, 3.05) is 19.5 Å². The number of ketones is 1. The van der Waals surface area contributed by atoms with E-state index in [0.717, 1.165) is 0 Å². The van der Waals surface area contributed by atoms with Gasteiger partial charge in [-0.05, 0) is 24.3 Å². The number of nitro groups is 1. The average Bonchev–Trinajstić information content (AvgIpc) is 2.61. The zero-order chi connectivity index (χ0) is 17.5. The number of ether oxygens (including phenoxy) is 2. The van der Waals surface area contributed by atoms with Gasteiger partial charge in [-0.1, -0.05) is 0 Å². The summed E-state index contributed by atoms with van der Waals surface area (Å²) in [4.78, 5) is 22.3. The summed E-state index contributed by atoms with van der Waals surface area (Å²) in [5.41, 5.74) is 1.04. The molecule has 0 amide bonds. The van der Waals surface area contributed by atoms with Gasteiger partial charge in [-0.3, -0.25) is 14.9 Å². The second-order valence-electron chi connectivity index (χ2n) is 4.71. The molecular formula is C17H16N2O5. The van der Waals surface area contributed by atoms with Gasteiger partial charge in [-0.15, -0.1) is 0 Å². The summed E-state index contributed by atoms with van der Waals surface area (Å²) in [6, 6.07) is 10.8. The zero-order valence-corrected chi connectivity index (χ0v) is 13.2. The van der Waals surface area contributed by atoms with Crippen LogP contribution >= 0.6 is 0 Å². The van der Waals surface area contributed by atoms with Crippen LogP contribution in [0.5, 0.6) is 11.5 Å². The number of allylic oxidation sites excluding steroid dienone is 1. The van der Waals surface area contributed by atoms with Gasteiger partial charge >= 0.3 is 0 Å². The van der Waals surface area contributed by atoms with E-state index in [1.807, 2.05) is 0 Å². The summed E-state index contributed by atoms with van der Waals surface area (Å²) >= 11 is 0. The van der Waals surface area contributed by atoms with Gasteiger partial charge in [0.25, 0.3) is 5.69 Å². The molecule has 2 aromatic rings. The molecule has 0 saturated carbocycles. The molecule has 0 aromatic heterocycles. The molecule has 0 unspecified atom stereocenters. The molecule has 7 heteroatoms. The lowest BCUT2D eigenvalue weighted by Gasteiger charge is -2.08. The van der Waals surface area contributed by atoms with Gasteiger partial charge in [-0.25, -0.2) is 0 Å². The van der Waals surface area contributed by atoms with E-state index in [0.29, 0.717) is 22.7 Å². The third-order valence-electron chi connectivity index (χ3n) is 3.24. The molecule has 0 bridgehead atoms. The Hall–Kier alpha value is -3.35. The molecule has 2 rings (SSSR count). The van der Waals surface area contributed by atoms with Crippen molar-refractivity contribution in [1.29, 1.82) is 0 Å². The normalized spacial score (nSPS) is 10.4. The fourth-order valence-corrected chi connectivity index (χ4v) is 1.98. The largest absolute Gasteiger partial charge is 0.497 e. The first-order valence-corrected chi connectivity index (χ1v) is 6.99. The molecule has 0 heterocycles. The monoisotopic (exact) mass is 328 g/mol. The maximum atomic E-state index is 12.2. The summed E-state index contributed by atoms with van der Waals surface area (Å²) in [5, 5.41) is 13.5. The summed E-state index contributed by atoms with van der Waals surface area (Å²) in [5.74, 6) is 0.764. The maximum Gasteiger partial charge on any atom is 0.269 e. The minimum Gasteiger partial charge on any atom is -0.497 e. The molecule has 0 aliphatic carbocycles. The van der Waals surface area contributed by atoms with Gasteiger partial charge in [0.2, 0.25) is 0 Å². The van der Waals surface area contributed by atoms with Crippen molar-refractivity contribution in [1.82, 2.24) is 0 Å². The Bertz CT molecular complexity index is 769. The second-order valence-corrected chi connectivity index (χ2v) is 4.71. The van der Waals surface area contributed by atoms with Crippen LogP contribution in [0.1, 0.15) is 10.4 Å². The smallest absolute Gasteiger partial charge is 0.269 e. The lowest BCUT2D eigenvalue weighted by molar-refractivity contribution is -0.384. The molecule has 0 atom stereocenters. The molecule has 0 saturated heterocycles. The van der Waals surface area contributed by atoms with Crippen LogP contribution in [0, 0.1) is 10.1 Å². The molecule has 0 radical (unpaired) electrons. The van der Waals surface area contributed by atoms with Gasteiger partial charge in [0.05, 0.1) is 24.7 Å². The summed E-state index contributed by atoms with van der Waals surface area (Å²) in [6.45, 7) is 0. The minimum absolute atomic E-state index is 0.00331. The van der Waals surface area contributed by atoms with E-state index in [4.69, 9.17) is 9.47 Å². The highest BCUT2D eigenvalue weighted by atomic mass is 16.6. The van der Waals surface area contributed by atoms with Crippen LogP contribution in [0.3, 0.4) is 0 Å². The predicted molar refractivity (Wildman–Crippen MR) is 89.7 cm³/mol. The SMILES string of the molecule is COc1ccc(C(=O)/C=C\Nc2ccc([N+](=O)[O-])cc2)c(OC)c1. The third kappa shape index (κ3) is 4.10. The maximum absolute atomic E-state index is 12.2. The molecule has 0 spiro atoms. The first-order valence-electron chi connectivity index (χ1n) is 6.99. The van der Waals surface area contributed by atoms with Gasteiger partial charge in [0.15, 0.2) is 5.78 Å². The van der Waals surface area contributed by atoms with Crippen molar-refractivity contribution >= 4 is 17.2 Å². The number of rotatable bonds is 7. The topological polar surface area (TPSA) is 90.7 Å². The molecule has 124 valence electrons. The first-order chi connectivity index (χ1) is 11.5. The zero-order valence-electron chi connectivity index (χ0n) is 13.2. The van der Waals surface area contributed by atoms with Gasteiger partial charge in [0, 0.05) is 36.2 Å². The minimum atomic E-state index is -0.473. The highest BCUT2D eigenvalue weighted by Gasteiger charge is 2.10. The average molecular weight is 328 g/mol. The lowest BCUT2D eigenvalue weighted by atomic mass is 10.1. The van der Waals surface area contributed by atoms with E-state index in [2.05, 4.69) is 5.32 Å². The van der Waals surface area contributed by atoms with Crippen molar-refractivity contribution in [3.8, 4) is 11.5 Å². The number of hydrogen-bond acceptors (Lipinski definition) is 6. The molecule has 7 nitrogen and oxygen atoms in total. The van der Waals surface area contributed by atoms with Gasteiger partial charge in [0.1, 0.15) is 11.5 Å². The van der Waals surface area contributed by atoms with Crippen LogP contribution in [0.15, 0.2) is 54.7 Å². The Kier molecular flexibility index (Phi) is 5.51. The molecule has 0 aliphatic heterocycles. The van der Waals surface area contributed by atoms with Crippen LogP contribution in [-0.4, -0.2) is 24.9 Å². The van der Waals surface area contributed by atoms with Gasteiger partial charge in [-0.2, -0.15) is 0 Å². The number of carbonyl (C=O) groups is 1. The molecule has 0 aliphatic rings. The number of nitrogens with one attached hydrogen (secondary N) is 1. The first kappa shape index (κ1) is 17.0. The fraction of sp³-hybridized carbons (Fsp3) is 0.118. The summed E-state index contributed by atoms with van der Waals surface area (Å²) < 4.78 is 10.3. The Morgan fingerprint density at radius 3 is 2.42 bits per heavy atom. The fourth-order valence-electron chi connectivity index (χ4n) is 1.98. The lowest BCUT2D eigenvalue weighted by Crippen LogP contribution is -2.00. The van der Waals surface area contributed by atoms with E-state index < -0.39 is 4.92 Å². The number of hydrogen-bond donors (Lipinski definition) is 1. The van der Waals surface area contributed by atoms with Crippen LogP contribution in [0.25, 0.3) is 0 Å². The van der Waals surface area contributed by atoms with E-state index >= 15 is 0 Å². The standard InChI is InChI=1S/C17H16N2O5/c1-23-14-7-8-15(17(11-14)24-2)16(20)9-10-18-12-3-5-13(6-4-12)19(21)22/h3-11,18H,1-2H3/b10-9-. The van der Waals surface area contributed by atoms with E-state index in [1.165, 1.54) is 38.6 Å². The van der Waals surface area contributed by atoms with Gasteiger partial charge < -0.3 is 14.8 Å². The van der Waals surface area contributed by atoms with Crippen LogP contribution in [0.2, 0.25) is 0 Å². The number of nitrogens with zero attached hydrogens (tertiary/aromatic N) is 1. The Morgan fingerprint density at radius 1 is 1.12 bits per heavy atom. The van der Waals surface area contributed by atoms with Crippen LogP contribution in [-0.2, 0) is 0 Å². The van der Waals surface area contributed by atoms with Crippen molar-refractivity contribution in [2.45, 2.75) is 0 Å². The quantitative estimate of drug-likeness (QED) is 0.362. The number of carbonyl (C=O) groups excluding carboxylic acids is 1. The van der Waals surface area contributed by atoms with Crippen molar-refractivity contribution in [2.24, 2.45) is 0 Å². The highest BCUT2D eigenvalue weighted by Crippen LogP contribution is 2.25. The molecule has 24 heavy (non-hydrogen) atoms. The molecule has 0 fully saturated rings. The van der Waals surface area contributed by atoms with Crippen molar-refractivity contribution in [3.05, 3.63) is 70.4 Å². The number of nitro benzene ring substituents is 1. The summed E-state index contributed by atoms with van der Waals surface area (Å²) in [7, 11) is 3.01. The van der Waals surface area contributed by atoms with E-state index in [-0.39, 0.29) is 11.5 Å². The summed E-state index contributed by atoms with van der Waals surface area (Å²) in [6.07, 6.45) is 2.82. The van der Waals surface area contributed by atoms with Crippen molar-refractivity contribution < 1.29 is 19.2 Å². The third-order valence-corrected chi connectivity index (χ3v) is 3.24.